The number of carbonyl (C=O) groups is 2. The summed E-state index contributed by atoms with van der Waals surface area (Å²) in [7, 11) is 1.42. The fraction of sp³-hybridized carbons (Fsp3) is 0.257. The average Bonchev–Trinajstić information content (AvgIpc) is 3.01. The molecule has 5 rings (SSSR count). The first-order valence-electron chi connectivity index (χ1n) is 14.5. The van der Waals surface area contributed by atoms with E-state index in [2.05, 4.69) is 75.6 Å². The molecule has 1 heterocycles. The molecule has 7 nitrogen and oxygen atoms in total. The van der Waals surface area contributed by atoms with E-state index in [0.717, 1.165) is 55.0 Å². The summed E-state index contributed by atoms with van der Waals surface area (Å²) in [6.45, 7) is 3.98. The largest absolute Gasteiger partial charge is 0.496 e. The Balaban J connectivity index is 0.00000442. The van der Waals surface area contributed by atoms with Gasteiger partial charge >= 0.3 is 5.97 Å². The molecular formula is C35H37BrClN3O4. The summed E-state index contributed by atoms with van der Waals surface area (Å²) in [6, 6.07) is 28.0. The number of hydrogen-bond acceptors (Lipinski definition) is 5. The average molecular weight is 679 g/mol. The van der Waals surface area contributed by atoms with E-state index >= 15 is 0 Å². The third-order valence-corrected chi connectivity index (χ3v) is 8.19. The van der Waals surface area contributed by atoms with Crippen molar-refractivity contribution in [3.8, 4) is 5.75 Å². The van der Waals surface area contributed by atoms with Gasteiger partial charge in [0.1, 0.15) is 11.3 Å². The van der Waals surface area contributed by atoms with Gasteiger partial charge in [0, 0.05) is 23.1 Å². The number of amides is 1. The third-order valence-electron chi connectivity index (χ3n) is 7.74. The maximum absolute atomic E-state index is 13.8. The van der Waals surface area contributed by atoms with Gasteiger partial charge in [0.05, 0.1) is 30.6 Å². The third kappa shape index (κ3) is 7.73. The Bertz CT molecular complexity index is 1590. The SMILES string of the molecule is COc1c(CC(=O)NN(c2ccc(Cc3ccccc3)cc2)c2c(C)cccc2N2CCCCC2)cc(Br)cc1C(=O)O.Cl. The second-order valence-electron chi connectivity index (χ2n) is 10.8. The molecule has 44 heavy (non-hydrogen) atoms. The Morgan fingerprint density at radius 1 is 0.932 bits per heavy atom. The summed E-state index contributed by atoms with van der Waals surface area (Å²) < 4.78 is 6.01. The lowest BCUT2D eigenvalue weighted by atomic mass is 10.0. The van der Waals surface area contributed by atoms with Crippen LogP contribution in [0.2, 0.25) is 0 Å². The van der Waals surface area contributed by atoms with Gasteiger partial charge in [0.2, 0.25) is 5.91 Å². The molecule has 0 atom stereocenters. The van der Waals surface area contributed by atoms with Crippen molar-refractivity contribution in [1.29, 1.82) is 0 Å². The van der Waals surface area contributed by atoms with Gasteiger partial charge in [-0.3, -0.25) is 15.2 Å². The number of anilines is 3. The summed E-state index contributed by atoms with van der Waals surface area (Å²) in [6.07, 6.45) is 4.21. The van der Waals surface area contributed by atoms with Crippen LogP contribution in [0.5, 0.6) is 5.75 Å². The Labute approximate surface area is 273 Å². The van der Waals surface area contributed by atoms with Crippen LogP contribution >= 0.6 is 28.3 Å². The quantitative estimate of drug-likeness (QED) is 0.166. The monoisotopic (exact) mass is 677 g/mol. The number of methoxy groups -OCH3 is 1. The van der Waals surface area contributed by atoms with Crippen molar-refractivity contribution < 1.29 is 19.4 Å². The van der Waals surface area contributed by atoms with Crippen molar-refractivity contribution in [1.82, 2.24) is 5.43 Å². The van der Waals surface area contributed by atoms with Crippen molar-refractivity contribution in [2.24, 2.45) is 0 Å². The highest BCUT2D eigenvalue weighted by molar-refractivity contribution is 9.10. The molecule has 0 saturated carbocycles. The number of carbonyl (C=O) groups excluding carboxylic acids is 1. The fourth-order valence-corrected chi connectivity index (χ4v) is 6.19. The molecule has 4 aromatic carbocycles. The zero-order valence-corrected chi connectivity index (χ0v) is 27.3. The number of piperidine rings is 1. The molecule has 230 valence electrons. The zero-order chi connectivity index (χ0) is 30.3. The Morgan fingerprint density at radius 2 is 1.61 bits per heavy atom. The molecule has 9 heteroatoms. The van der Waals surface area contributed by atoms with Gasteiger partial charge in [-0.15, -0.1) is 12.4 Å². The van der Waals surface area contributed by atoms with Crippen LogP contribution in [-0.2, 0) is 17.6 Å². The molecular weight excluding hydrogens is 642 g/mol. The van der Waals surface area contributed by atoms with Crippen LogP contribution in [0.4, 0.5) is 17.1 Å². The summed E-state index contributed by atoms with van der Waals surface area (Å²) in [4.78, 5) is 28.0. The molecule has 0 unspecified atom stereocenters. The van der Waals surface area contributed by atoms with Crippen LogP contribution in [0.25, 0.3) is 0 Å². The van der Waals surface area contributed by atoms with Crippen LogP contribution in [0.15, 0.2) is 89.4 Å². The maximum atomic E-state index is 13.8. The van der Waals surface area contributed by atoms with E-state index in [9.17, 15) is 14.7 Å². The van der Waals surface area contributed by atoms with Crippen LogP contribution in [-0.4, -0.2) is 37.2 Å². The summed E-state index contributed by atoms with van der Waals surface area (Å²) in [5.74, 6) is -1.25. The topological polar surface area (TPSA) is 82.1 Å². The first-order valence-corrected chi connectivity index (χ1v) is 15.3. The molecule has 4 aromatic rings. The lowest BCUT2D eigenvalue weighted by Gasteiger charge is -2.35. The Hall–Kier alpha value is -4.01. The zero-order valence-electron chi connectivity index (χ0n) is 24.9. The highest BCUT2D eigenvalue weighted by atomic mass is 79.9. The van der Waals surface area contributed by atoms with Crippen LogP contribution in [0.1, 0.15) is 51.9 Å². The molecule has 1 amide bonds. The predicted molar refractivity (Wildman–Crippen MR) is 182 cm³/mol. The normalized spacial score (nSPS) is 12.7. The lowest BCUT2D eigenvalue weighted by Crippen LogP contribution is -2.41. The van der Waals surface area contributed by atoms with E-state index in [-0.39, 0.29) is 36.0 Å². The molecule has 0 aliphatic carbocycles. The maximum Gasteiger partial charge on any atom is 0.339 e. The number of benzene rings is 4. The summed E-state index contributed by atoms with van der Waals surface area (Å²) in [5, 5.41) is 11.6. The Morgan fingerprint density at radius 3 is 2.27 bits per heavy atom. The van der Waals surface area contributed by atoms with Crippen LogP contribution in [0, 0.1) is 6.92 Å². The number of hydrazine groups is 1. The second kappa shape index (κ2) is 15.1. The summed E-state index contributed by atoms with van der Waals surface area (Å²) in [5.41, 5.74) is 9.88. The van der Waals surface area contributed by atoms with Crippen molar-refractivity contribution in [2.45, 2.75) is 39.0 Å². The van der Waals surface area contributed by atoms with Gasteiger partial charge in [-0.25, -0.2) is 4.79 Å². The van der Waals surface area contributed by atoms with E-state index in [1.165, 1.54) is 30.7 Å². The second-order valence-corrected chi connectivity index (χ2v) is 11.7. The standard InChI is InChI=1S/C35H36BrN3O4.ClH/c1-24-10-9-13-31(38-18-7-4-8-19-38)33(24)39(29-16-14-26(15-17-29)20-25-11-5-3-6-12-25)37-32(40)22-27-21-28(36)23-30(35(41)42)34(27)43-2;/h3,5-6,9-17,21,23H,4,7-8,18-20,22H2,1-2H3,(H,37,40)(H,41,42);1H. The first kappa shape index (κ1) is 32.9. The van der Waals surface area contributed by atoms with E-state index in [4.69, 9.17) is 4.74 Å². The van der Waals surface area contributed by atoms with Gasteiger partial charge in [-0.05, 0) is 79.6 Å². The fourth-order valence-electron chi connectivity index (χ4n) is 5.69. The van der Waals surface area contributed by atoms with E-state index in [1.54, 1.807) is 6.07 Å². The van der Waals surface area contributed by atoms with E-state index in [0.29, 0.717) is 10.0 Å². The minimum atomic E-state index is -1.12. The number of carboxylic acid groups (broad SMARTS) is 1. The van der Waals surface area contributed by atoms with Crippen molar-refractivity contribution in [3.63, 3.8) is 0 Å². The number of para-hydroxylation sites is 1. The molecule has 1 saturated heterocycles. The summed E-state index contributed by atoms with van der Waals surface area (Å²) >= 11 is 3.39. The van der Waals surface area contributed by atoms with Crippen molar-refractivity contribution in [2.75, 3.05) is 30.1 Å². The van der Waals surface area contributed by atoms with Crippen molar-refractivity contribution in [3.05, 3.63) is 117 Å². The number of hydrogen-bond donors (Lipinski definition) is 2. The number of carboxylic acids is 1. The number of nitrogens with zero attached hydrogens (tertiary/aromatic N) is 2. The highest BCUT2D eigenvalue weighted by Crippen LogP contribution is 2.38. The molecule has 1 aliphatic heterocycles. The molecule has 0 aromatic heterocycles. The molecule has 1 aliphatic rings. The highest BCUT2D eigenvalue weighted by Gasteiger charge is 2.24. The first-order chi connectivity index (χ1) is 20.8. The number of aryl methyl sites for hydroxylation is 1. The van der Waals surface area contributed by atoms with Gasteiger partial charge in [-0.2, -0.15) is 0 Å². The molecule has 1 fully saturated rings. The minimum Gasteiger partial charge on any atom is -0.496 e. The van der Waals surface area contributed by atoms with Gasteiger partial charge < -0.3 is 14.7 Å². The minimum absolute atomic E-state index is 0. The van der Waals surface area contributed by atoms with E-state index < -0.39 is 5.97 Å². The van der Waals surface area contributed by atoms with Crippen LogP contribution < -0.4 is 20.1 Å². The van der Waals surface area contributed by atoms with Crippen LogP contribution in [0.3, 0.4) is 0 Å². The van der Waals surface area contributed by atoms with Gasteiger partial charge in [0.25, 0.3) is 0 Å². The number of nitrogens with one attached hydrogen (secondary N) is 1. The predicted octanol–water partition coefficient (Wildman–Crippen LogP) is 7.88. The Kier molecular flexibility index (Phi) is 11.3. The number of aromatic carboxylic acids is 1. The molecule has 0 radical (unpaired) electrons. The van der Waals surface area contributed by atoms with Crippen molar-refractivity contribution >= 4 is 57.3 Å². The van der Waals surface area contributed by atoms with Gasteiger partial charge in [-0.1, -0.05) is 70.5 Å². The smallest absolute Gasteiger partial charge is 0.339 e. The van der Waals surface area contributed by atoms with E-state index in [1.807, 2.05) is 35.3 Å². The number of halogens is 2. The lowest BCUT2D eigenvalue weighted by molar-refractivity contribution is -0.120. The number of rotatable bonds is 10. The molecule has 0 bridgehead atoms. The number of ether oxygens (including phenoxy) is 1. The molecule has 0 spiro atoms. The van der Waals surface area contributed by atoms with Gasteiger partial charge in [0.15, 0.2) is 0 Å². The molecule has 2 N–H and O–H groups in total.